The third kappa shape index (κ3) is 5.26. The molecule has 0 bridgehead atoms. The van der Waals surface area contributed by atoms with Crippen LogP contribution >= 0.6 is 0 Å². The Morgan fingerprint density at radius 3 is 2.25 bits per heavy atom. The number of primary amides is 1. The van der Waals surface area contributed by atoms with Crippen LogP contribution < -0.4 is 11.5 Å². The summed E-state index contributed by atoms with van der Waals surface area (Å²) >= 11 is 0. The van der Waals surface area contributed by atoms with Gasteiger partial charge in [-0.1, -0.05) is 13.8 Å². The van der Waals surface area contributed by atoms with Crippen LogP contribution in [-0.2, 0) is 15.6 Å². The summed E-state index contributed by atoms with van der Waals surface area (Å²) in [7, 11) is -1.03. The number of nitrogens with two attached hydrogens (primary N) is 2. The summed E-state index contributed by atoms with van der Waals surface area (Å²) in [6, 6.07) is -0.774. The molecule has 0 aromatic carbocycles. The summed E-state index contributed by atoms with van der Waals surface area (Å²) in [6.45, 7) is 3.93. The van der Waals surface area contributed by atoms with Crippen LogP contribution in [0.25, 0.3) is 0 Å². The third-order valence-electron chi connectivity index (χ3n) is 1.25. The highest BCUT2D eigenvalue weighted by Crippen LogP contribution is 1.97. The van der Waals surface area contributed by atoms with E-state index in [1.54, 1.807) is 0 Å². The molecule has 0 fully saturated rings. The van der Waals surface area contributed by atoms with E-state index < -0.39 is 22.7 Å². The van der Waals surface area contributed by atoms with Crippen molar-refractivity contribution in [2.45, 2.75) is 19.9 Å². The van der Waals surface area contributed by atoms with Crippen molar-refractivity contribution in [1.29, 1.82) is 0 Å². The number of hydrogen-bond donors (Lipinski definition) is 2. The Morgan fingerprint density at radius 2 is 1.92 bits per heavy atom. The zero-order valence-corrected chi connectivity index (χ0v) is 8.26. The van der Waals surface area contributed by atoms with Gasteiger partial charge in [0.05, 0.1) is 6.04 Å². The lowest BCUT2D eigenvalue weighted by Crippen LogP contribution is -2.41. The quantitative estimate of drug-likeness (QED) is 0.598. The maximum Gasteiger partial charge on any atom is 0.235 e. The molecule has 4 nitrogen and oxygen atoms in total. The van der Waals surface area contributed by atoms with Crippen molar-refractivity contribution in [3.63, 3.8) is 0 Å². The molecular formula is C7H16N2O2S. The van der Waals surface area contributed by atoms with E-state index in [1.807, 2.05) is 13.8 Å². The first kappa shape index (κ1) is 11.6. The van der Waals surface area contributed by atoms with Crippen LogP contribution in [0.1, 0.15) is 13.8 Å². The van der Waals surface area contributed by atoms with Crippen molar-refractivity contribution in [1.82, 2.24) is 0 Å². The van der Waals surface area contributed by atoms with Gasteiger partial charge in [0.15, 0.2) is 0 Å². The fraction of sp³-hybridized carbons (Fsp3) is 0.857. The zero-order chi connectivity index (χ0) is 9.72. The lowest BCUT2D eigenvalue weighted by molar-refractivity contribution is -0.118. The Labute approximate surface area is 75.1 Å². The molecule has 0 aromatic rings. The fourth-order valence-corrected chi connectivity index (χ4v) is 2.17. The first-order valence-corrected chi connectivity index (χ1v) is 5.32. The summed E-state index contributed by atoms with van der Waals surface area (Å²) in [5.74, 6) is 0.507. The van der Waals surface area contributed by atoms with E-state index in [0.29, 0.717) is 11.7 Å². The van der Waals surface area contributed by atoms with Gasteiger partial charge in [0.1, 0.15) is 0 Å². The fourth-order valence-electron chi connectivity index (χ4n) is 0.722. The molecule has 0 radical (unpaired) electrons. The van der Waals surface area contributed by atoms with Crippen LogP contribution in [0.5, 0.6) is 0 Å². The van der Waals surface area contributed by atoms with E-state index >= 15 is 0 Å². The average Bonchev–Trinajstić information content (AvgIpc) is 1.84. The average molecular weight is 192 g/mol. The van der Waals surface area contributed by atoms with Crippen molar-refractivity contribution in [2.24, 2.45) is 17.4 Å². The zero-order valence-electron chi connectivity index (χ0n) is 7.45. The summed E-state index contributed by atoms with van der Waals surface area (Å²) in [6.07, 6.45) is 0. The molecule has 4 N–H and O–H groups in total. The van der Waals surface area contributed by atoms with Gasteiger partial charge in [0.2, 0.25) is 5.91 Å². The normalized spacial score (nSPS) is 16.0. The van der Waals surface area contributed by atoms with Gasteiger partial charge in [-0.05, 0) is 5.92 Å². The second-order valence-electron chi connectivity index (χ2n) is 3.18. The minimum Gasteiger partial charge on any atom is -0.368 e. The molecule has 0 saturated carbocycles. The molecular weight excluding hydrogens is 176 g/mol. The van der Waals surface area contributed by atoms with E-state index in [0.717, 1.165) is 0 Å². The van der Waals surface area contributed by atoms with E-state index in [-0.39, 0.29) is 5.75 Å². The summed E-state index contributed by atoms with van der Waals surface area (Å²) in [4.78, 5) is 10.5. The molecule has 2 atom stereocenters. The molecule has 0 aliphatic heterocycles. The van der Waals surface area contributed by atoms with Crippen molar-refractivity contribution in [3.8, 4) is 0 Å². The van der Waals surface area contributed by atoms with E-state index in [2.05, 4.69) is 0 Å². The van der Waals surface area contributed by atoms with Crippen LogP contribution in [0.3, 0.4) is 0 Å². The molecule has 5 heteroatoms. The molecule has 0 aliphatic carbocycles. The van der Waals surface area contributed by atoms with E-state index in [4.69, 9.17) is 11.5 Å². The Morgan fingerprint density at radius 1 is 1.42 bits per heavy atom. The summed E-state index contributed by atoms with van der Waals surface area (Å²) in [5.41, 5.74) is 10.2. The van der Waals surface area contributed by atoms with Crippen LogP contribution in [0.15, 0.2) is 0 Å². The molecule has 0 rings (SSSR count). The topological polar surface area (TPSA) is 86.2 Å². The highest BCUT2D eigenvalue weighted by molar-refractivity contribution is 7.85. The van der Waals surface area contributed by atoms with Gasteiger partial charge in [-0.3, -0.25) is 9.00 Å². The lowest BCUT2D eigenvalue weighted by atomic mass is 10.3. The van der Waals surface area contributed by atoms with E-state index in [9.17, 15) is 9.00 Å². The van der Waals surface area contributed by atoms with Gasteiger partial charge in [-0.2, -0.15) is 0 Å². The molecule has 0 aliphatic rings. The maximum absolute atomic E-state index is 11.2. The first-order chi connectivity index (χ1) is 5.43. The first-order valence-electron chi connectivity index (χ1n) is 3.83. The molecule has 12 heavy (non-hydrogen) atoms. The van der Waals surface area contributed by atoms with Gasteiger partial charge in [0, 0.05) is 22.3 Å². The predicted molar refractivity (Wildman–Crippen MR) is 49.9 cm³/mol. The molecule has 72 valence electrons. The standard InChI is InChI=1S/C7H16N2O2S/c1-5(2)3-12(11)4-6(8)7(9)10/h5-6H,3-4,8H2,1-2H3,(H2,9,10). The Kier molecular flexibility index (Phi) is 5.08. The molecule has 0 aromatic heterocycles. The monoisotopic (exact) mass is 192 g/mol. The minimum absolute atomic E-state index is 0.174. The Hall–Kier alpha value is -0.420. The Balaban J connectivity index is 3.77. The van der Waals surface area contributed by atoms with Crippen LogP contribution in [0, 0.1) is 5.92 Å². The van der Waals surface area contributed by atoms with Gasteiger partial charge in [-0.15, -0.1) is 0 Å². The van der Waals surface area contributed by atoms with Crippen molar-refractivity contribution >= 4 is 16.7 Å². The van der Waals surface area contributed by atoms with Gasteiger partial charge in [-0.25, -0.2) is 0 Å². The van der Waals surface area contributed by atoms with Crippen LogP contribution in [0.4, 0.5) is 0 Å². The molecule has 1 amide bonds. The molecule has 0 saturated heterocycles. The van der Waals surface area contributed by atoms with Gasteiger partial charge >= 0.3 is 0 Å². The largest absolute Gasteiger partial charge is 0.368 e. The molecule has 2 unspecified atom stereocenters. The minimum atomic E-state index is -1.03. The number of carbonyl (C=O) groups excluding carboxylic acids is 1. The van der Waals surface area contributed by atoms with Crippen LogP contribution in [-0.4, -0.2) is 27.7 Å². The van der Waals surface area contributed by atoms with Gasteiger partial charge < -0.3 is 11.5 Å². The number of carbonyl (C=O) groups is 1. The summed E-state index contributed by atoms with van der Waals surface area (Å²) < 4.78 is 11.2. The lowest BCUT2D eigenvalue weighted by Gasteiger charge is -2.08. The number of hydrogen-bond acceptors (Lipinski definition) is 3. The second-order valence-corrected chi connectivity index (χ2v) is 4.72. The second kappa shape index (κ2) is 5.27. The predicted octanol–water partition coefficient (Wildman–Crippen LogP) is -0.796. The van der Waals surface area contributed by atoms with Crippen molar-refractivity contribution in [3.05, 3.63) is 0 Å². The van der Waals surface area contributed by atoms with Gasteiger partial charge in [0.25, 0.3) is 0 Å². The number of rotatable bonds is 5. The Bertz CT molecular complexity index is 182. The van der Waals surface area contributed by atoms with Crippen molar-refractivity contribution in [2.75, 3.05) is 11.5 Å². The number of amides is 1. The van der Waals surface area contributed by atoms with Crippen LogP contribution in [0.2, 0.25) is 0 Å². The molecule has 0 spiro atoms. The smallest absolute Gasteiger partial charge is 0.235 e. The maximum atomic E-state index is 11.2. The highest BCUT2D eigenvalue weighted by Gasteiger charge is 2.13. The highest BCUT2D eigenvalue weighted by atomic mass is 32.2. The third-order valence-corrected chi connectivity index (χ3v) is 3.02. The van der Waals surface area contributed by atoms with Crippen molar-refractivity contribution < 1.29 is 9.00 Å². The summed E-state index contributed by atoms with van der Waals surface area (Å²) in [5, 5.41) is 0. The SMILES string of the molecule is CC(C)CS(=O)CC(N)C(N)=O. The van der Waals surface area contributed by atoms with E-state index in [1.165, 1.54) is 0 Å². The molecule has 0 heterocycles.